The van der Waals surface area contributed by atoms with E-state index in [1.54, 1.807) is 19.1 Å². The van der Waals surface area contributed by atoms with E-state index in [4.69, 9.17) is 4.74 Å². The first kappa shape index (κ1) is 12.4. The molecule has 2 rings (SSSR count). The smallest absolute Gasteiger partial charge is 0.311 e. The van der Waals surface area contributed by atoms with Gasteiger partial charge in [-0.05, 0) is 28.4 Å². The third-order valence-corrected chi connectivity index (χ3v) is 2.64. The molecule has 92 valence electrons. The minimum Gasteiger partial charge on any atom is -0.431 e. The molecule has 18 heavy (non-hydrogen) atoms. The number of rotatable bonds is 3. The Kier molecular flexibility index (Phi) is 3.52. The highest BCUT2D eigenvalue weighted by molar-refractivity contribution is 9.10. The first-order chi connectivity index (χ1) is 8.58. The summed E-state index contributed by atoms with van der Waals surface area (Å²) in [6, 6.07) is 6.27. The molecule has 0 aliphatic rings. The van der Waals surface area contributed by atoms with Crippen molar-refractivity contribution < 1.29 is 9.66 Å². The number of hydrogen-bond donors (Lipinski definition) is 0. The highest BCUT2D eigenvalue weighted by atomic mass is 79.9. The van der Waals surface area contributed by atoms with Crippen molar-refractivity contribution in [3.05, 3.63) is 50.9 Å². The summed E-state index contributed by atoms with van der Waals surface area (Å²) < 4.78 is 6.00. The number of hydrogen-bond acceptors (Lipinski definition) is 5. The fraction of sp³-hybridized carbons (Fsp3) is 0.0909. The molecule has 0 atom stereocenters. The van der Waals surface area contributed by atoms with Crippen LogP contribution in [0.25, 0.3) is 0 Å². The molecule has 2 aromatic rings. The molecule has 6 nitrogen and oxygen atoms in total. The lowest BCUT2D eigenvalue weighted by atomic mass is 10.2. The zero-order valence-corrected chi connectivity index (χ0v) is 10.9. The van der Waals surface area contributed by atoms with Crippen LogP contribution in [0.3, 0.4) is 0 Å². The Morgan fingerprint density at radius 2 is 2.17 bits per heavy atom. The molecule has 0 saturated carbocycles. The second-order valence-corrected chi connectivity index (χ2v) is 4.27. The maximum absolute atomic E-state index is 10.9. The average molecular weight is 310 g/mol. The predicted molar refractivity (Wildman–Crippen MR) is 67.6 cm³/mol. The molecule has 0 aliphatic carbocycles. The van der Waals surface area contributed by atoms with Crippen molar-refractivity contribution in [2.24, 2.45) is 0 Å². The van der Waals surface area contributed by atoms with Gasteiger partial charge in [0.15, 0.2) is 0 Å². The third-order valence-electron chi connectivity index (χ3n) is 2.20. The van der Waals surface area contributed by atoms with Crippen LogP contribution in [0.15, 0.2) is 35.2 Å². The van der Waals surface area contributed by atoms with E-state index in [1.807, 2.05) is 0 Å². The molecule has 0 unspecified atom stereocenters. The summed E-state index contributed by atoms with van der Waals surface area (Å²) in [5, 5.41) is 10.9. The van der Waals surface area contributed by atoms with Gasteiger partial charge in [0, 0.05) is 12.1 Å². The Morgan fingerprint density at radius 3 is 2.83 bits per heavy atom. The van der Waals surface area contributed by atoms with Gasteiger partial charge in [0.2, 0.25) is 11.6 Å². The summed E-state index contributed by atoms with van der Waals surface area (Å²) in [6.45, 7) is 1.73. The molecule has 0 bridgehead atoms. The van der Waals surface area contributed by atoms with Crippen LogP contribution in [0, 0.1) is 17.0 Å². The van der Waals surface area contributed by atoms with Gasteiger partial charge in [0.05, 0.1) is 4.92 Å². The van der Waals surface area contributed by atoms with Crippen molar-refractivity contribution in [3.8, 4) is 11.6 Å². The molecule has 7 heteroatoms. The van der Waals surface area contributed by atoms with E-state index in [0.717, 1.165) is 0 Å². The number of benzene rings is 1. The van der Waals surface area contributed by atoms with Gasteiger partial charge < -0.3 is 4.74 Å². The van der Waals surface area contributed by atoms with Gasteiger partial charge in [0.1, 0.15) is 10.9 Å². The fourth-order valence-electron chi connectivity index (χ4n) is 1.39. The fourth-order valence-corrected chi connectivity index (χ4v) is 1.68. The Bertz CT molecular complexity index is 604. The van der Waals surface area contributed by atoms with E-state index in [9.17, 15) is 10.1 Å². The van der Waals surface area contributed by atoms with Crippen LogP contribution in [0.1, 0.15) is 5.56 Å². The number of aryl methyl sites for hydroxylation is 1. The maximum Gasteiger partial charge on any atom is 0.311 e. The van der Waals surface area contributed by atoms with E-state index in [0.29, 0.717) is 10.2 Å². The van der Waals surface area contributed by atoms with Crippen LogP contribution in [0.5, 0.6) is 11.6 Å². The third kappa shape index (κ3) is 2.62. The van der Waals surface area contributed by atoms with Crippen LogP contribution < -0.4 is 4.74 Å². The average Bonchev–Trinajstić information content (AvgIpc) is 2.31. The standard InChI is InChI=1S/C11H8BrN3O3/c1-7-3-2-4-8(15(16)17)11(7)18-10-5-9(12)13-6-14-10/h2-6H,1H3. The number of aromatic nitrogens is 2. The monoisotopic (exact) mass is 309 g/mol. The molecular weight excluding hydrogens is 302 g/mol. The molecule has 1 aromatic carbocycles. The van der Waals surface area contributed by atoms with Crippen LogP contribution in [-0.2, 0) is 0 Å². The summed E-state index contributed by atoms with van der Waals surface area (Å²) in [5.74, 6) is 0.433. The first-order valence-electron chi connectivity index (χ1n) is 4.97. The largest absolute Gasteiger partial charge is 0.431 e. The second kappa shape index (κ2) is 5.09. The van der Waals surface area contributed by atoms with Gasteiger partial charge in [-0.2, -0.15) is 0 Å². The highest BCUT2D eigenvalue weighted by Crippen LogP contribution is 2.33. The molecule has 1 heterocycles. The van der Waals surface area contributed by atoms with E-state index in [1.165, 1.54) is 18.5 Å². The molecule has 0 amide bonds. The van der Waals surface area contributed by atoms with Crippen LogP contribution in [-0.4, -0.2) is 14.9 Å². The van der Waals surface area contributed by atoms with Gasteiger partial charge in [-0.3, -0.25) is 10.1 Å². The van der Waals surface area contributed by atoms with E-state index in [2.05, 4.69) is 25.9 Å². The Hall–Kier alpha value is -2.02. The number of nitrogens with zero attached hydrogens (tertiary/aromatic N) is 3. The van der Waals surface area contributed by atoms with Gasteiger partial charge in [-0.1, -0.05) is 12.1 Å². The van der Waals surface area contributed by atoms with Crippen molar-refractivity contribution in [2.45, 2.75) is 6.92 Å². The number of halogens is 1. The maximum atomic E-state index is 10.9. The topological polar surface area (TPSA) is 78.2 Å². The quantitative estimate of drug-likeness (QED) is 0.494. The van der Waals surface area contributed by atoms with E-state index >= 15 is 0 Å². The van der Waals surface area contributed by atoms with Crippen LogP contribution >= 0.6 is 15.9 Å². The summed E-state index contributed by atoms with van der Waals surface area (Å²) in [4.78, 5) is 18.2. The summed E-state index contributed by atoms with van der Waals surface area (Å²) >= 11 is 3.18. The van der Waals surface area contributed by atoms with E-state index in [-0.39, 0.29) is 17.3 Å². The summed E-state index contributed by atoms with van der Waals surface area (Å²) in [7, 11) is 0. The summed E-state index contributed by atoms with van der Waals surface area (Å²) in [6.07, 6.45) is 1.31. The van der Waals surface area contributed by atoms with Crippen LogP contribution in [0.4, 0.5) is 5.69 Å². The van der Waals surface area contributed by atoms with Gasteiger partial charge >= 0.3 is 5.69 Å². The second-order valence-electron chi connectivity index (χ2n) is 3.46. The highest BCUT2D eigenvalue weighted by Gasteiger charge is 2.18. The number of nitro groups is 1. The molecule has 0 aliphatic heterocycles. The molecule has 0 spiro atoms. The zero-order chi connectivity index (χ0) is 13.1. The van der Waals surface area contributed by atoms with Gasteiger partial charge in [-0.15, -0.1) is 0 Å². The molecule has 0 N–H and O–H groups in total. The normalized spacial score (nSPS) is 10.1. The SMILES string of the molecule is Cc1cccc([N+](=O)[O-])c1Oc1cc(Br)ncn1. The Balaban J connectivity index is 2.42. The number of para-hydroxylation sites is 1. The molecule has 0 radical (unpaired) electrons. The first-order valence-corrected chi connectivity index (χ1v) is 5.76. The summed E-state index contributed by atoms with van der Waals surface area (Å²) in [5.41, 5.74) is 0.573. The predicted octanol–water partition coefficient (Wildman–Crippen LogP) is 3.25. The molecule has 0 fully saturated rings. The van der Waals surface area contributed by atoms with Crippen LogP contribution in [0.2, 0.25) is 0 Å². The van der Waals surface area contributed by atoms with E-state index < -0.39 is 4.92 Å². The van der Waals surface area contributed by atoms with Gasteiger partial charge in [-0.25, -0.2) is 9.97 Å². The van der Waals surface area contributed by atoms with Crippen molar-refractivity contribution in [2.75, 3.05) is 0 Å². The molecule has 1 aromatic heterocycles. The van der Waals surface area contributed by atoms with Crippen molar-refractivity contribution in [3.63, 3.8) is 0 Å². The minimum absolute atomic E-state index is 0.0928. The number of nitro benzene ring substituents is 1. The molecule has 0 saturated heterocycles. The van der Waals surface area contributed by atoms with Crippen molar-refractivity contribution in [1.82, 2.24) is 9.97 Å². The van der Waals surface area contributed by atoms with Gasteiger partial charge in [0.25, 0.3) is 0 Å². The van der Waals surface area contributed by atoms with Crippen molar-refractivity contribution in [1.29, 1.82) is 0 Å². The lowest BCUT2D eigenvalue weighted by Crippen LogP contribution is -1.97. The number of ether oxygens (including phenoxy) is 1. The van der Waals surface area contributed by atoms with Crippen molar-refractivity contribution >= 4 is 21.6 Å². The molecular formula is C11H8BrN3O3. The Labute approximate surface area is 111 Å². The minimum atomic E-state index is -0.488. The Morgan fingerprint density at radius 1 is 1.39 bits per heavy atom. The lowest BCUT2D eigenvalue weighted by molar-refractivity contribution is -0.385. The zero-order valence-electron chi connectivity index (χ0n) is 9.33. The lowest BCUT2D eigenvalue weighted by Gasteiger charge is -2.07.